The molecule has 0 spiro atoms. The molecule has 0 unspecified atom stereocenters. The molecule has 0 amide bonds. The van der Waals surface area contributed by atoms with Gasteiger partial charge in [-0.25, -0.2) is 4.39 Å². The molecule has 80 valence electrons. The molecule has 0 saturated carbocycles. The Morgan fingerprint density at radius 3 is 2.00 bits per heavy atom. The minimum Gasteiger partial charge on any atom is -0.360 e. The highest BCUT2D eigenvalue weighted by Gasteiger charge is 2.20. The van der Waals surface area contributed by atoms with Crippen LogP contribution < -0.4 is 4.90 Å². The number of nitrogens with zero attached hydrogens (tertiary/aromatic N) is 1. The average molecular weight is 213 g/mol. The van der Waals surface area contributed by atoms with Gasteiger partial charge in [-0.1, -0.05) is 36.4 Å². The molecule has 2 aromatic carbocycles. The maximum atomic E-state index is 13.6. The Morgan fingerprint density at radius 1 is 0.812 bits per heavy atom. The lowest BCUT2D eigenvalue weighted by Crippen LogP contribution is -2.15. The van der Waals surface area contributed by atoms with Crippen molar-refractivity contribution in [1.82, 2.24) is 0 Å². The summed E-state index contributed by atoms with van der Waals surface area (Å²) in [6.07, 6.45) is 0. The molecular formula is C14H12FN. The fraction of sp³-hybridized carbons (Fsp3) is 0.143. The summed E-state index contributed by atoms with van der Waals surface area (Å²) in [6, 6.07) is 15.2. The molecule has 1 heterocycles. The SMILES string of the molecule is Fc1ccccc1N1Cc2ccccc2C1. The molecule has 1 aliphatic rings. The maximum absolute atomic E-state index is 13.6. The average Bonchev–Trinajstić information content (AvgIpc) is 2.73. The van der Waals surface area contributed by atoms with Crippen molar-refractivity contribution in [3.63, 3.8) is 0 Å². The van der Waals surface area contributed by atoms with Crippen LogP contribution in [0.15, 0.2) is 48.5 Å². The molecule has 0 bridgehead atoms. The van der Waals surface area contributed by atoms with Crippen molar-refractivity contribution in [1.29, 1.82) is 0 Å². The van der Waals surface area contributed by atoms with Crippen LogP contribution in [0.2, 0.25) is 0 Å². The number of para-hydroxylation sites is 1. The maximum Gasteiger partial charge on any atom is 0.146 e. The second-order valence-corrected chi connectivity index (χ2v) is 4.08. The van der Waals surface area contributed by atoms with Gasteiger partial charge in [0.1, 0.15) is 5.82 Å². The topological polar surface area (TPSA) is 3.24 Å². The molecule has 2 aromatic rings. The minimum absolute atomic E-state index is 0.143. The van der Waals surface area contributed by atoms with Crippen molar-refractivity contribution in [2.24, 2.45) is 0 Å². The molecule has 2 heteroatoms. The number of hydrogen-bond acceptors (Lipinski definition) is 1. The first-order valence-electron chi connectivity index (χ1n) is 5.41. The predicted molar refractivity (Wildman–Crippen MR) is 62.7 cm³/mol. The van der Waals surface area contributed by atoms with E-state index in [0.29, 0.717) is 5.69 Å². The van der Waals surface area contributed by atoms with Gasteiger partial charge in [-0.3, -0.25) is 0 Å². The van der Waals surface area contributed by atoms with Crippen molar-refractivity contribution in [2.45, 2.75) is 13.1 Å². The first kappa shape index (κ1) is 9.40. The van der Waals surface area contributed by atoms with Crippen LogP contribution in [-0.2, 0) is 13.1 Å². The lowest BCUT2D eigenvalue weighted by Gasteiger charge is -2.18. The number of benzene rings is 2. The van der Waals surface area contributed by atoms with Gasteiger partial charge in [0.15, 0.2) is 0 Å². The third kappa shape index (κ3) is 1.47. The van der Waals surface area contributed by atoms with Crippen LogP contribution >= 0.6 is 0 Å². The van der Waals surface area contributed by atoms with E-state index >= 15 is 0 Å². The summed E-state index contributed by atoms with van der Waals surface area (Å²) in [5.74, 6) is -0.143. The second-order valence-electron chi connectivity index (χ2n) is 4.08. The van der Waals surface area contributed by atoms with Crippen molar-refractivity contribution >= 4 is 5.69 Å². The zero-order valence-corrected chi connectivity index (χ0v) is 8.86. The second kappa shape index (κ2) is 3.63. The Morgan fingerprint density at radius 2 is 1.38 bits per heavy atom. The van der Waals surface area contributed by atoms with Crippen LogP contribution in [-0.4, -0.2) is 0 Å². The van der Waals surface area contributed by atoms with Crippen molar-refractivity contribution < 1.29 is 4.39 Å². The van der Waals surface area contributed by atoms with Crippen LogP contribution in [0, 0.1) is 5.82 Å². The fourth-order valence-corrected chi connectivity index (χ4v) is 2.21. The normalized spacial score (nSPS) is 13.9. The molecule has 0 radical (unpaired) electrons. The summed E-state index contributed by atoms with van der Waals surface area (Å²) in [5.41, 5.74) is 3.29. The van der Waals surface area contributed by atoms with Gasteiger partial charge in [-0.2, -0.15) is 0 Å². The van der Waals surface area contributed by atoms with Gasteiger partial charge in [0.05, 0.1) is 5.69 Å². The molecule has 0 aromatic heterocycles. The zero-order valence-electron chi connectivity index (χ0n) is 8.86. The lowest BCUT2D eigenvalue weighted by molar-refractivity contribution is 0.619. The van der Waals surface area contributed by atoms with Gasteiger partial charge >= 0.3 is 0 Å². The molecule has 0 atom stereocenters. The van der Waals surface area contributed by atoms with E-state index in [1.807, 2.05) is 24.3 Å². The van der Waals surface area contributed by atoms with Crippen molar-refractivity contribution in [3.8, 4) is 0 Å². The Bertz CT molecular complexity index is 497. The fourth-order valence-electron chi connectivity index (χ4n) is 2.21. The lowest BCUT2D eigenvalue weighted by atomic mass is 10.1. The van der Waals surface area contributed by atoms with E-state index in [1.54, 1.807) is 6.07 Å². The van der Waals surface area contributed by atoms with E-state index in [2.05, 4.69) is 17.0 Å². The van der Waals surface area contributed by atoms with Crippen LogP contribution in [0.5, 0.6) is 0 Å². The summed E-state index contributed by atoms with van der Waals surface area (Å²) < 4.78 is 13.6. The molecule has 16 heavy (non-hydrogen) atoms. The molecule has 0 N–H and O–H groups in total. The van der Waals surface area contributed by atoms with Crippen LogP contribution in [0.3, 0.4) is 0 Å². The van der Waals surface area contributed by atoms with E-state index in [4.69, 9.17) is 0 Å². The monoisotopic (exact) mass is 213 g/mol. The van der Waals surface area contributed by atoms with Crippen molar-refractivity contribution in [2.75, 3.05) is 4.90 Å². The molecule has 1 aliphatic heterocycles. The van der Waals surface area contributed by atoms with E-state index in [0.717, 1.165) is 13.1 Å². The Hall–Kier alpha value is -1.83. The number of anilines is 1. The van der Waals surface area contributed by atoms with E-state index in [-0.39, 0.29) is 5.82 Å². The van der Waals surface area contributed by atoms with Gasteiger partial charge in [-0.15, -0.1) is 0 Å². The Kier molecular flexibility index (Phi) is 2.13. The third-order valence-electron chi connectivity index (χ3n) is 3.03. The Balaban J connectivity index is 1.95. The molecule has 1 nitrogen and oxygen atoms in total. The summed E-state index contributed by atoms with van der Waals surface area (Å²) in [7, 11) is 0. The van der Waals surface area contributed by atoms with Gasteiger partial charge in [0, 0.05) is 13.1 Å². The van der Waals surface area contributed by atoms with Crippen molar-refractivity contribution in [3.05, 3.63) is 65.5 Å². The summed E-state index contributed by atoms with van der Waals surface area (Å²) in [5, 5.41) is 0. The largest absolute Gasteiger partial charge is 0.360 e. The minimum atomic E-state index is -0.143. The Labute approximate surface area is 94.1 Å². The standard InChI is InChI=1S/C14H12FN/c15-13-7-3-4-8-14(13)16-9-11-5-1-2-6-12(11)10-16/h1-8H,9-10H2. The van der Waals surface area contributed by atoms with Crippen LogP contribution in [0.4, 0.5) is 10.1 Å². The van der Waals surface area contributed by atoms with E-state index < -0.39 is 0 Å². The van der Waals surface area contributed by atoms with Crippen LogP contribution in [0.25, 0.3) is 0 Å². The highest BCUT2D eigenvalue weighted by Crippen LogP contribution is 2.29. The first-order chi connectivity index (χ1) is 7.84. The molecule has 0 aliphatic carbocycles. The summed E-state index contributed by atoms with van der Waals surface area (Å²) >= 11 is 0. The van der Waals surface area contributed by atoms with Gasteiger partial charge < -0.3 is 4.90 Å². The zero-order chi connectivity index (χ0) is 11.0. The number of halogens is 1. The van der Waals surface area contributed by atoms with Gasteiger partial charge in [0.2, 0.25) is 0 Å². The predicted octanol–water partition coefficient (Wildman–Crippen LogP) is 3.35. The highest BCUT2D eigenvalue weighted by molar-refractivity contribution is 5.52. The van der Waals surface area contributed by atoms with Gasteiger partial charge in [-0.05, 0) is 23.3 Å². The molecule has 0 saturated heterocycles. The smallest absolute Gasteiger partial charge is 0.146 e. The van der Waals surface area contributed by atoms with Crippen LogP contribution in [0.1, 0.15) is 11.1 Å². The summed E-state index contributed by atoms with van der Waals surface area (Å²) in [6.45, 7) is 1.61. The summed E-state index contributed by atoms with van der Waals surface area (Å²) in [4.78, 5) is 2.07. The number of rotatable bonds is 1. The number of hydrogen-bond donors (Lipinski definition) is 0. The quantitative estimate of drug-likeness (QED) is 0.702. The highest BCUT2D eigenvalue weighted by atomic mass is 19.1. The molecular weight excluding hydrogens is 201 g/mol. The van der Waals surface area contributed by atoms with E-state index in [1.165, 1.54) is 17.2 Å². The molecule has 0 fully saturated rings. The molecule has 3 rings (SSSR count). The number of fused-ring (bicyclic) bond motifs is 1. The third-order valence-corrected chi connectivity index (χ3v) is 3.03. The van der Waals surface area contributed by atoms with Gasteiger partial charge in [0.25, 0.3) is 0 Å². The first-order valence-corrected chi connectivity index (χ1v) is 5.41. The van der Waals surface area contributed by atoms with E-state index in [9.17, 15) is 4.39 Å².